The highest BCUT2D eigenvalue weighted by atomic mass is 16.5. The molecular formula is C17H24O4. The zero-order valence-corrected chi connectivity index (χ0v) is 13.3. The van der Waals surface area contributed by atoms with Gasteiger partial charge in [0.25, 0.3) is 0 Å². The fraction of sp³-hybridized carbons (Fsp3) is 0.588. The summed E-state index contributed by atoms with van der Waals surface area (Å²) < 4.78 is 16.1. The topological polar surface area (TPSA) is 44.8 Å². The maximum absolute atomic E-state index is 13.1. The third-order valence-corrected chi connectivity index (χ3v) is 4.67. The van der Waals surface area contributed by atoms with Gasteiger partial charge < -0.3 is 14.2 Å². The van der Waals surface area contributed by atoms with Crippen LogP contribution in [0.2, 0.25) is 0 Å². The second-order valence-electron chi connectivity index (χ2n) is 5.55. The summed E-state index contributed by atoms with van der Waals surface area (Å²) >= 11 is 0. The molecule has 0 heterocycles. The molecule has 0 N–H and O–H groups in total. The average molecular weight is 292 g/mol. The van der Waals surface area contributed by atoms with E-state index in [1.54, 1.807) is 33.5 Å². The van der Waals surface area contributed by atoms with E-state index in [0.717, 1.165) is 32.1 Å². The highest BCUT2D eigenvalue weighted by Gasteiger charge is 2.41. The maximum atomic E-state index is 13.1. The van der Waals surface area contributed by atoms with Crippen molar-refractivity contribution in [1.82, 2.24) is 0 Å². The van der Waals surface area contributed by atoms with Crippen molar-refractivity contribution >= 4 is 5.78 Å². The number of carbonyl (C=O) groups is 1. The van der Waals surface area contributed by atoms with Gasteiger partial charge in [-0.2, -0.15) is 0 Å². The molecule has 116 valence electrons. The molecule has 1 aromatic carbocycles. The lowest BCUT2D eigenvalue weighted by molar-refractivity contribution is 0.0787. The van der Waals surface area contributed by atoms with E-state index < -0.39 is 0 Å². The first-order valence-electron chi connectivity index (χ1n) is 7.47. The zero-order chi connectivity index (χ0) is 15.5. The number of carbonyl (C=O) groups excluding carboxylic acids is 1. The van der Waals surface area contributed by atoms with Crippen molar-refractivity contribution in [2.45, 2.75) is 39.0 Å². The van der Waals surface area contributed by atoms with Crippen molar-refractivity contribution in [3.8, 4) is 17.2 Å². The van der Waals surface area contributed by atoms with E-state index in [0.29, 0.717) is 22.8 Å². The van der Waals surface area contributed by atoms with Crippen molar-refractivity contribution in [3.63, 3.8) is 0 Å². The van der Waals surface area contributed by atoms with Crippen molar-refractivity contribution in [3.05, 3.63) is 17.7 Å². The van der Waals surface area contributed by atoms with Crippen LogP contribution < -0.4 is 14.2 Å². The van der Waals surface area contributed by atoms with Crippen molar-refractivity contribution in [2.24, 2.45) is 5.41 Å². The largest absolute Gasteiger partial charge is 0.493 e. The van der Waals surface area contributed by atoms with Gasteiger partial charge in [0.15, 0.2) is 17.3 Å². The highest BCUT2D eigenvalue weighted by Crippen LogP contribution is 2.47. The molecule has 0 aliphatic heterocycles. The number of rotatable bonds is 6. The molecule has 0 radical (unpaired) electrons. The Labute approximate surface area is 126 Å². The highest BCUT2D eigenvalue weighted by molar-refractivity contribution is 6.04. The Morgan fingerprint density at radius 3 is 2.14 bits per heavy atom. The summed E-state index contributed by atoms with van der Waals surface area (Å²) in [7, 11) is 4.68. The molecule has 1 aliphatic rings. The van der Waals surface area contributed by atoms with E-state index in [1.807, 2.05) is 0 Å². The molecule has 0 saturated heterocycles. The van der Waals surface area contributed by atoms with E-state index in [9.17, 15) is 4.79 Å². The van der Waals surface area contributed by atoms with Crippen LogP contribution in [-0.4, -0.2) is 27.1 Å². The Hall–Kier alpha value is -1.71. The van der Waals surface area contributed by atoms with Crippen LogP contribution >= 0.6 is 0 Å². The molecule has 4 heteroatoms. The molecule has 0 spiro atoms. The minimum absolute atomic E-state index is 0.167. The van der Waals surface area contributed by atoms with Crippen molar-refractivity contribution < 1.29 is 19.0 Å². The van der Waals surface area contributed by atoms with Gasteiger partial charge in [-0.05, 0) is 31.4 Å². The maximum Gasteiger partial charge on any atom is 0.204 e. The number of hydrogen-bond donors (Lipinski definition) is 0. The Balaban J connectivity index is 2.50. The molecule has 2 rings (SSSR count). The van der Waals surface area contributed by atoms with E-state index in [4.69, 9.17) is 14.2 Å². The third-order valence-electron chi connectivity index (χ3n) is 4.67. The standard InChI is InChI=1S/C17H24O4/c1-5-17(10-6-7-11-17)16(18)12-8-9-13(19-2)15(21-4)14(12)20-3/h8-9H,5-7,10-11H2,1-4H3. The molecule has 4 nitrogen and oxygen atoms in total. The normalized spacial score (nSPS) is 16.6. The number of ketones is 1. The van der Waals surface area contributed by atoms with Crippen LogP contribution in [0.15, 0.2) is 12.1 Å². The first-order valence-corrected chi connectivity index (χ1v) is 7.47. The average Bonchev–Trinajstić information content (AvgIpc) is 3.02. The summed E-state index contributed by atoms with van der Waals surface area (Å²) in [6, 6.07) is 3.56. The number of Topliss-reactive ketones (excluding diaryl/α,β-unsaturated/α-hetero) is 1. The molecule has 0 bridgehead atoms. The lowest BCUT2D eigenvalue weighted by Gasteiger charge is -2.27. The molecule has 0 unspecified atom stereocenters. The summed E-state index contributed by atoms with van der Waals surface area (Å²) in [6.45, 7) is 2.09. The molecule has 21 heavy (non-hydrogen) atoms. The fourth-order valence-corrected chi connectivity index (χ4v) is 3.36. The Morgan fingerprint density at radius 2 is 1.67 bits per heavy atom. The molecule has 1 fully saturated rings. The Kier molecular flexibility index (Phi) is 4.76. The molecule has 1 aliphatic carbocycles. The predicted octanol–water partition coefficient (Wildman–Crippen LogP) is 3.87. The zero-order valence-electron chi connectivity index (χ0n) is 13.3. The van der Waals surface area contributed by atoms with Crippen molar-refractivity contribution in [2.75, 3.05) is 21.3 Å². The van der Waals surface area contributed by atoms with Gasteiger partial charge in [-0.25, -0.2) is 0 Å². The number of hydrogen-bond acceptors (Lipinski definition) is 4. The molecular weight excluding hydrogens is 268 g/mol. The molecule has 1 aromatic rings. The van der Waals surface area contributed by atoms with Gasteiger partial charge in [0, 0.05) is 5.41 Å². The number of methoxy groups -OCH3 is 3. The summed E-state index contributed by atoms with van der Waals surface area (Å²) in [6.07, 6.45) is 5.02. The van der Waals surface area contributed by atoms with Crippen LogP contribution in [-0.2, 0) is 0 Å². The first kappa shape index (κ1) is 15.7. The van der Waals surface area contributed by atoms with E-state index in [-0.39, 0.29) is 11.2 Å². The summed E-state index contributed by atoms with van der Waals surface area (Å²) in [5, 5.41) is 0. The minimum atomic E-state index is -0.243. The molecule has 1 saturated carbocycles. The van der Waals surface area contributed by atoms with Gasteiger partial charge in [-0.3, -0.25) is 4.79 Å². The first-order chi connectivity index (χ1) is 10.1. The van der Waals surface area contributed by atoms with Crippen LogP contribution in [0.3, 0.4) is 0 Å². The quantitative estimate of drug-likeness (QED) is 0.747. The Morgan fingerprint density at radius 1 is 1.05 bits per heavy atom. The lowest BCUT2D eigenvalue weighted by atomic mass is 9.76. The third kappa shape index (κ3) is 2.59. The van der Waals surface area contributed by atoms with Crippen LogP contribution in [0.25, 0.3) is 0 Å². The van der Waals surface area contributed by atoms with Gasteiger partial charge in [0.1, 0.15) is 0 Å². The second-order valence-corrected chi connectivity index (χ2v) is 5.55. The number of ether oxygens (including phenoxy) is 3. The van der Waals surface area contributed by atoms with E-state index in [1.165, 1.54) is 0 Å². The van der Waals surface area contributed by atoms with Gasteiger partial charge in [-0.1, -0.05) is 19.8 Å². The van der Waals surface area contributed by atoms with Gasteiger partial charge >= 0.3 is 0 Å². The van der Waals surface area contributed by atoms with Crippen LogP contribution in [0.5, 0.6) is 17.2 Å². The lowest BCUT2D eigenvalue weighted by Crippen LogP contribution is -2.27. The molecule has 0 aromatic heterocycles. The van der Waals surface area contributed by atoms with Gasteiger partial charge in [-0.15, -0.1) is 0 Å². The Bertz CT molecular complexity index is 516. The van der Waals surface area contributed by atoms with Crippen LogP contribution in [0.1, 0.15) is 49.4 Å². The predicted molar refractivity (Wildman–Crippen MR) is 81.6 cm³/mol. The van der Waals surface area contributed by atoms with Gasteiger partial charge in [0.05, 0.1) is 26.9 Å². The van der Waals surface area contributed by atoms with Crippen LogP contribution in [0.4, 0.5) is 0 Å². The van der Waals surface area contributed by atoms with Crippen molar-refractivity contribution in [1.29, 1.82) is 0 Å². The smallest absolute Gasteiger partial charge is 0.204 e. The summed E-state index contributed by atoms with van der Waals surface area (Å²) in [4.78, 5) is 13.1. The van der Waals surface area contributed by atoms with E-state index >= 15 is 0 Å². The molecule has 0 atom stereocenters. The summed E-state index contributed by atoms with van der Waals surface area (Å²) in [5.41, 5.74) is 0.353. The summed E-state index contributed by atoms with van der Waals surface area (Å²) in [5.74, 6) is 1.69. The fourth-order valence-electron chi connectivity index (χ4n) is 3.36. The SMILES string of the molecule is CCC1(C(=O)c2ccc(OC)c(OC)c2OC)CCCC1. The minimum Gasteiger partial charge on any atom is -0.493 e. The monoisotopic (exact) mass is 292 g/mol. The molecule has 0 amide bonds. The number of benzene rings is 1. The van der Waals surface area contributed by atoms with E-state index in [2.05, 4.69) is 6.92 Å². The second kappa shape index (κ2) is 6.37. The van der Waals surface area contributed by atoms with Crippen LogP contribution in [0, 0.1) is 5.41 Å². The van der Waals surface area contributed by atoms with Gasteiger partial charge in [0.2, 0.25) is 5.75 Å².